The molecule has 0 saturated carbocycles. The maximum atomic E-state index is 13.0. The minimum atomic E-state index is -0.698. The van der Waals surface area contributed by atoms with E-state index in [-0.39, 0.29) is 11.3 Å². The van der Waals surface area contributed by atoms with Gasteiger partial charge in [0.25, 0.3) is 11.7 Å². The van der Waals surface area contributed by atoms with Gasteiger partial charge >= 0.3 is 0 Å². The number of fused-ring (bicyclic) bond motifs is 1. The van der Waals surface area contributed by atoms with E-state index in [2.05, 4.69) is 15.9 Å². The number of likely N-dealkylation sites (tertiary alicyclic amines) is 1. The first-order valence-electron chi connectivity index (χ1n) is 9.95. The Labute approximate surface area is 189 Å². The second-order valence-corrected chi connectivity index (χ2v) is 8.62. The van der Waals surface area contributed by atoms with E-state index in [1.807, 2.05) is 43.3 Å². The molecule has 0 aliphatic carbocycles. The molecule has 1 amide bonds. The normalized spacial score (nSPS) is 19.9. The van der Waals surface area contributed by atoms with Crippen molar-refractivity contribution < 1.29 is 24.2 Å². The fourth-order valence-corrected chi connectivity index (χ4v) is 4.20. The van der Waals surface area contributed by atoms with Crippen LogP contribution in [0, 0.1) is 0 Å². The summed E-state index contributed by atoms with van der Waals surface area (Å²) >= 11 is 3.46. The van der Waals surface area contributed by atoms with Crippen molar-refractivity contribution in [3.05, 3.63) is 63.6 Å². The van der Waals surface area contributed by atoms with E-state index in [9.17, 15) is 14.7 Å². The Bertz CT molecular complexity index is 1070. The smallest absolute Gasteiger partial charge is 0.295 e. The monoisotopic (exact) mass is 486 g/mol. The fraction of sp³-hybridized carbons (Fsp3) is 0.304. The summed E-state index contributed by atoms with van der Waals surface area (Å²) in [6.07, 6.45) is 0. The zero-order valence-corrected chi connectivity index (χ0v) is 18.9. The van der Waals surface area contributed by atoms with E-state index in [4.69, 9.17) is 9.47 Å². The van der Waals surface area contributed by atoms with Crippen LogP contribution in [-0.2, 0) is 9.59 Å². The van der Waals surface area contributed by atoms with E-state index < -0.39 is 17.7 Å². The minimum Gasteiger partial charge on any atom is -0.507 e. The van der Waals surface area contributed by atoms with Gasteiger partial charge in [0.2, 0.25) is 0 Å². The van der Waals surface area contributed by atoms with Gasteiger partial charge in [-0.25, -0.2) is 0 Å². The molecule has 1 N–H and O–H groups in total. The van der Waals surface area contributed by atoms with Crippen LogP contribution in [0.4, 0.5) is 0 Å². The van der Waals surface area contributed by atoms with E-state index in [0.717, 1.165) is 10.0 Å². The van der Waals surface area contributed by atoms with Crippen LogP contribution < -0.4 is 9.47 Å². The van der Waals surface area contributed by atoms with Crippen molar-refractivity contribution in [3.8, 4) is 11.5 Å². The van der Waals surface area contributed by atoms with Crippen LogP contribution in [-0.4, -0.2) is 67.0 Å². The zero-order valence-electron chi connectivity index (χ0n) is 17.3. The lowest BCUT2D eigenvalue weighted by molar-refractivity contribution is -0.140. The molecule has 0 spiro atoms. The molecule has 1 atom stereocenters. The maximum Gasteiger partial charge on any atom is 0.295 e. The molecule has 2 heterocycles. The predicted octanol–water partition coefficient (Wildman–Crippen LogP) is 3.20. The Morgan fingerprint density at radius 2 is 1.87 bits per heavy atom. The largest absolute Gasteiger partial charge is 0.507 e. The fourth-order valence-electron chi connectivity index (χ4n) is 3.79. The number of amides is 1. The van der Waals surface area contributed by atoms with Gasteiger partial charge in [0.15, 0.2) is 11.5 Å². The Kier molecular flexibility index (Phi) is 6.02. The van der Waals surface area contributed by atoms with Crippen molar-refractivity contribution in [2.24, 2.45) is 0 Å². The third-order valence-electron chi connectivity index (χ3n) is 5.31. The van der Waals surface area contributed by atoms with Crippen molar-refractivity contribution in [3.63, 3.8) is 0 Å². The summed E-state index contributed by atoms with van der Waals surface area (Å²) in [6, 6.07) is 11.7. The van der Waals surface area contributed by atoms with Gasteiger partial charge in [-0.3, -0.25) is 9.59 Å². The SMILES string of the molecule is CN(C)CCN1C(=O)C(=O)C(=C(O)c2ccc3c(c2)OCCO3)[C@H]1c1cccc(Br)c1. The van der Waals surface area contributed by atoms with Crippen LogP contribution >= 0.6 is 15.9 Å². The number of hydrogen-bond donors (Lipinski definition) is 1. The topological polar surface area (TPSA) is 79.3 Å². The van der Waals surface area contributed by atoms with Gasteiger partial charge < -0.3 is 24.4 Å². The first kappa shape index (κ1) is 21.4. The van der Waals surface area contributed by atoms with Gasteiger partial charge in [0.05, 0.1) is 11.6 Å². The number of rotatable bonds is 5. The third-order valence-corrected chi connectivity index (χ3v) is 5.80. The molecule has 2 aliphatic heterocycles. The number of nitrogens with zero attached hydrogens (tertiary/aromatic N) is 2. The zero-order chi connectivity index (χ0) is 22.1. The molecule has 2 aromatic rings. The minimum absolute atomic E-state index is 0.0681. The van der Waals surface area contributed by atoms with Crippen LogP contribution in [0.5, 0.6) is 11.5 Å². The molecule has 162 valence electrons. The van der Waals surface area contributed by atoms with E-state index in [1.165, 1.54) is 4.90 Å². The highest BCUT2D eigenvalue weighted by atomic mass is 79.9. The van der Waals surface area contributed by atoms with Crippen LogP contribution in [0.1, 0.15) is 17.2 Å². The van der Waals surface area contributed by atoms with E-state index >= 15 is 0 Å². The molecule has 2 aromatic carbocycles. The first-order valence-corrected chi connectivity index (χ1v) is 10.7. The van der Waals surface area contributed by atoms with E-state index in [0.29, 0.717) is 43.4 Å². The molecular weight excluding hydrogens is 464 g/mol. The standard InChI is InChI=1S/C23H23BrN2O5/c1-25(2)8-9-26-20(14-4-3-5-16(24)12-14)19(22(28)23(26)29)21(27)15-6-7-17-18(13-15)31-11-10-30-17/h3-7,12-13,20,27H,8-11H2,1-2H3/t20-/m1/s1. The number of carbonyl (C=O) groups excluding carboxylic acids is 2. The molecule has 0 aromatic heterocycles. The lowest BCUT2D eigenvalue weighted by atomic mass is 9.95. The Hall–Kier alpha value is -2.84. The van der Waals surface area contributed by atoms with Crippen molar-refractivity contribution in [1.29, 1.82) is 0 Å². The number of Topliss-reactive ketones (excluding diaryl/α,β-unsaturated/α-hetero) is 1. The third kappa shape index (κ3) is 4.18. The number of hydrogen-bond acceptors (Lipinski definition) is 6. The highest BCUT2D eigenvalue weighted by molar-refractivity contribution is 9.10. The van der Waals surface area contributed by atoms with Crippen molar-refractivity contribution >= 4 is 33.4 Å². The second kappa shape index (κ2) is 8.72. The molecule has 0 unspecified atom stereocenters. The van der Waals surface area contributed by atoms with Crippen molar-refractivity contribution in [2.75, 3.05) is 40.4 Å². The number of likely N-dealkylation sites (N-methyl/N-ethyl adjacent to an activating group) is 1. The Morgan fingerprint density at radius 3 is 2.58 bits per heavy atom. The number of halogens is 1. The summed E-state index contributed by atoms with van der Waals surface area (Å²) in [5.41, 5.74) is 1.21. The summed E-state index contributed by atoms with van der Waals surface area (Å²) < 4.78 is 12.0. The first-order chi connectivity index (χ1) is 14.9. The lowest BCUT2D eigenvalue weighted by Crippen LogP contribution is -2.35. The molecule has 8 heteroatoms. The number of ketones is 1. The molecule has 7 nitrogen and oxygen atoms in total. The van der Waals surface area contributed by atoms with Gasteiger partial charge in [0.1, 0.15) is 19.0 Å². The molecular formula is C23H23BrN2O5. The van der Waals surface area contributed by atoms with Crippen LogP contribution in [0.2, 0.25) is 0 Å². The molecule has 0 radical (unpaired) electrons. The summed E-state index contributed by atoms with van der Waals surface area (Å²) in [5, 5.41) is 11.2. The number of aliphatic hydroxyl groups is 1. The van der Waals surface area contributed by atoms with Crippen LogP contribution in [0.25, 0.3) is 5.76 Å². The maximum absolute atomic E-state index is 13.0. The highest BCUT2D eigenvalue weighted by Crippen LogP contribution is 2.41. The molecule has 1 fully saturated rings. The molecule has 4 rings (SSSR count). The molecule has 0 bridgehead atoms. The van der Waals surface area contributed by atoms with Crippen molar-refractivity contribution in [2.45, 2.75) is 6.04 Å². The Balaban J connectivity index is 1.83. The second-order valence-electron chi connectivity index (χ2n) is 7.71. The van der Waals surface area contributed by atoms with Gasteiger partial charge in [-0.05, 0) is 50.0 Å². The van der Waals surface area contributed by atoms with Crippen LogP contribution in [0.3, 0.4) is 0 Å². The lowest BCUT2D eigenvalue weighted by Gasteiger charge is -2.26. The molecule has 2 aliphatic rings. The van der Waals surface area contributed by atoms with Gasteiger partial charge in [0, 0.05) is 23.1 Å². The quantitative estimate of drug-likeness (QED) is 0.397. The van der Waals surface area contributed by atoms with Crippen LogP contribution in [0.15, 0.2) is 52.5 Å². The number of benzene rings is 2. The van der Waals surface area contributed by atoms with Gasteiger partial charge in [-0.1, -0.05) is 28.1 Å². The number of carbonyl (C=O) groups is 2. The number of aliphatic hydroxyl groups excluding tert-OH is 1. The summed E-state index contributed by atoms with van der Waals surface area (Å²) in [6.45, 7) is 1.80. The molecule has 31 heavy (non-hydrogen) atoms. The summed E-state index contributed by atoms with van der Waals surface area (Å²) in [7, 11) is 3.81. The number of ether oxygens (including phenoxy) is 2. The average Bonchev–Trinajstić information content (AvgIpc) is 3.01. The summed E-state index contributed by atoms with van der Waals surface area (Å²) in [4.78, 5) is 29.4. The van der Waals surface area contributed by atoms with Gasteiger partial charge in [-0.15, -0.1) is 0 Å². The predicted molar refractivity (Wildman–Crippen MR) is 119 cm³/mol. The van der Waals surface area contributed by atoms with Gasteiger partial charge in [-0.2, -0.15) is 0 Å². The summed E-state index contributed by atoms with van der Waals surface area (Å²) in [5.74, 6) is -0.469. The Morgan fingerprint density at radius 1 is 1.13 bits per heavy atom. The molecule has 1 saturated heterocycles. The highest BCUT2D eigenvalue weighted by Gasteiger charge is 2.46. The van der Waals surface area contributed by atoms with Crippen molar-refractivity contribution in [1.82, 2.24) is 9.80 Å². The average molecular weight is 487 g/mol. The van der Waals surface area contributed by atoms with E-state index in [1.54, 1.807) is 18.2 Å².